The van der Waals surface area contributed by atoms with Gasteiger partial charge in [-0.1, -0.05) is 13.8 Å². The molecule has 0 aliphatic carbocycles. The van der Waals surface area contributed by atoms with E-state index >= 15 is 0 Å². The van der Waals surface area contributed by atoms with E-state index in [-0.39, 0.29) is 0 Å². The molecule has 2 nitrogen and oxygen atoms in total. The van der Waals surface area contributed by atoms with Gasteiger partial charge in [-0.05, 0) is 25.7 Å². The summed E-state index contributed by atoms with van der Waals surface area (Å²) >= 11 is 0. The molecule has 0 saturated heterocycles. The first-order valence-electron chi connectivity index (χ1n) is 4.83. The largest absolute Gasteiger partial charge is 0.382 e. The third kappa shape index (κ3) is 4.95. The molecule has 0 aromatic carbocycles. The number of ether oxygens (including phenoxy) is 1. The van der Waals surface area contributed by atoms with Gasteiger partial charge in [-0.15, -0.1) is 0 Å². The normalized spacial score (nSPS) is 11.9. The minimum absolute atomic E-state index is 0.764. The SMILES string of the molecule is CCOCCCP(=O)(CC)CC. The van der Waals surface area contributed by atoms with Gasteiger partial charge in [-0.25, -0.2) is 0 Å². The van der Waals surface area contributed by atoms with Crippen LogP contribution in [0.5, 0.6) is 0 Å². The molecule has 0 bridgehead atoms. The smallest absolute Gasteiger partial charge is 0.0873 e. The maximum Gasteiger partial charge on any atom is 0.0873 e. The minimum Gasteiger partial charge on any atom is -0.382 e. The third-order valence-electron chi connectivity index (χ3n) is 2.21. The predicted octanol–water partition coefficient (Wildman–Crippen LogP) is 2.82. The molecule has 0 N–H and O–H groups in total. The van der Waals surface area contributed by atoms with Gasteiger partial charge in [0.15, 0.2) is 0 Å². The molecule has 12 heavy (non-hydrogen) atoms. The number of rotatable bonds is 7. The third-order valence-corrected chi connectivity index (χ3v) is 5.65. The van der Waals surface area contributed by atoms with E-state index in [0.717, 1.165) is 38.1 Å². The van der Waals surface area contributed by atoms with E-state index in [1.54, 1.807) is 0 Å². The van der Waals surface area contributed by atoms with E-state index in [2.05, 4.69) is 0 Å². The molecular weight excluding hydrogens is 171 g/mol. The summed E-state index contributed by atoms with van der Waals surface area (Å²) in [6.45, 7) is 7.55. The zero-order valence-electron chi connectivity index (χ0n) is 8.51. The van der Waals surface area contributed by atoms with Crippen LogP contribution in [-0.4, -0.2) is 31.7 Å². The second-order valence-electron chi connectivity index (χ2n) is 2.96. The Morgan fingerprint density at radius 2 is 1.75 bits per heavy atom. The van der Waals surface area contributed by atoms with Gasteiger partial charge in [0.2, 0.25) is 0 Å². The highest BCUT2D eigenvalue weighted by Gasteiger charge is 2.15. The molecular formula is C9H21O2P. The maximum atomic E-state index is 11.9. The van der Waals surface area contributed by atoms with E-state index in [4.69, 9.17) is 4.74 Å². The van der Waals surface area contributed by atoms with Gasteiger partial charge >= 0.3 is 0 Å². The molecule has 0 heterocycles. The Morgan fingerprint density at radius 1 is 1.17 bits per heavy atom. The lowest BCUT2D eigenvalue weighted by molar-refractivity contribution is 0.148. The highest BCUT2D eigenvalue weighted by Crippen LogP contribution is 2.44. The van der Waals surface area contributed by atoms with E-state index in [1.165, 1.54) is 0 Å². The van der Waals surface area contributed by atoms with Crippen molar-refractivity contribution >= 4 is 7.14 Å². The fourth-order valence-corrected chi connectivity index (χ4v) is 2.92. The second-order valence-corrected chi connectivity index (χ2v) is 6.79. The van der Waals surface area contributed by atoms with Gasteiger partial charge in [-0.3, -0.25) is 0 Å². The van der Waals surface area contributed by atoms with Gasteiger partial charge in [0.05, 0.1) is 7.14 Å². The quantitative estimate of drug-likeness (QED) is 0.458. The molecule has 0 aliphatic rings. The van der Waals surface area contributed by atoms with Crippen molar-refractivity contribution in [1.29, 1.82) is 0 Å². The molecule has 0 rings (SSSR count). The Morgan fingerprint density at radius 3 is 2.17 bits per heavy atom. The monoisotopic (exact) mass is 192 g/mol. The zero-order valence-corrected chi connectivity index (χ0v) is 9.40. The highest BCUT2D eigenvalue weighted by molar-refractivity contribution is 7.63. The summed E-state index contributed by atoms with van der Waals surface area (Å²) < 4.78 is 17.1. The van der Waals surface area contributed by atoms with Crippen molar-refractivity contribution in [2.45, 2.75) is 27.2 Å². The standard InChI is InChI=1S/C9H21O2P/c1-4-11-8-7-9-12(10,5-2)6-3/h4-9H2,1-3H3. The minimum atomic E-state index is -1.80. The molecule has 0 saturated carbocycles. The van der Waals surface area contributed by atoms with Crippen molar-refractivity contribution in [3.63, 3.8) is 0 Å². The summed E-state index contributed by atoms with van der Waals surface area (Å²) in [5, 5.41) is 0. The molecule has 0 aromatic rings. The van der Waals surface area contributed by atoms with Gasteiger partial charge < -0.3 is 9.30 Å². The van der Waals surface area contributed by atoms with E-state index < -0.39 is 7.14 Å². The molecule has 74 valence electrons. The predicted molar refractivity (Wildman–Crippen MR) is 54.7 cm³/mol. The van der Waals surface area contributed by atoms with Gasteiger partial charge in [0, 0.05) is 19.4 Å². The van der Waals surface area contributed by atoms with Crippen LogP contribution >= 0.6 is 7.14 Å². The number of hydrogen-bond acceptors (Lipinski definition) is 2. The second kappa shape index (κ2) is 6.68. The van der Waals surface area contributed by atoms with E-state index in [1.807, 2.05) is 20.8 Å². The molecule has 0 aromatic heterocycles. The van der Waals surface area contributed by atoms with Crippen molar-refractivity contribution in [3.05, 3.63) is 0 Å². The van der Waals surface area contributed by atoms with Crippen LogP contribution in [0.15, 0.2) is 0 Å². The summed E-state index contributed by atoms with van der Waals surface area (Å²) in [5.74, 6) is 0. The Kier molecular flexibility index (Phi) is 6.78. The van der Waals surface area contributed by atoms with Crippen molar-refractivity contribution in [2.24, 2.45) is 0 Å². The zero-order chi connectivity index (χ0) is 9.45. The lowest BCUT2D eigenvalue weighted by Crippen LogP contribution is -2.01. The van der Waals surface area contributed by atoms with Crippen molar-refractivity contribution in [2.75, 3.05) is 31.7 Å². The molecule has 0 unspecified atom stereocenters. The average Bonchev–Trinajstić information content (AvgIpc) is 2.12. The average molecular weight is 192 g/mol. The fraction of sp³-hybridized carbons (Fsp3) is 1.00. The van der Waals surface area contributed by atoms with Crippen molar-refractivity contribution in [3.8, 4) is 0 Å². The lowest BCUT2D eigenvalue weighted by Gasteiger charge is -2.13. The molecule has 0 fully saturated rings. The first-order valence-corrected chi connectivity index (χ1v) is 7.09. The number of hydrogen-bond donors (Lipinski definition) is 0. The van der Waals surface area contributed by atoms with Gasteiger partial charge in [0.1, 0.15) is 0 Å². The van der Waals surface area contributed by atoms with Gasteiger partial charge in [-0.2, -0.15) is 0 Å². The summed E-state index contributed by atoms with van der Waals surface area (Å²) in [6, 6.07) is 0. The molecule has 0 radical (unpaired) electrons. The van der Waals surface area contributed by atoms with Gasteiger partial charge in [0.25, 0.3) is 0 Å². The summed E-state index contributed by atoms with van der Waals surface area (Å²) in [7, 11) is -1.80. The maximum absolute atomic E-state index is 11.9. The highest BCUT2D eigenvalue weighted by atomic mass is 31.2. The van der Waals surface area contributed by atoms with E-state index in [9.17, 15) is 4.57 Å². The Hall–Kier alpha value is 0.190. The Labute approximate surface area is 76.1 Å². The Balaban J connectivity index is 3.52. The van der Waals surface area contributed by atoms with Crippen LogP contribution in [0, 0.1) is 0 Å². The summed E-state index contributed by atoms with van der Waals surface area (Å²) in [4.78, 5) is 0. The van der Waals surface area contributed by atoms with Crippen LogP contribution in [0.25, 0.3) is 0 Å². The van der Waals surface area contributed by atoms with Crippen LogP contribution in [0.1, 0.15) is 27.2 Å². The molecule has 0 aliphatic heterocycles. The molecule has 3 heteroatoms. The summed E-state index contributed by atoms with van der Waals surface area (Å²) in [6.07, 6.45) is 3.50. The van der Waals surface area contributed by atoms with Crippen LogP contribution < -0.4 is 0 Å². The van der Waals surface area contributed by atoms with Crippen molar-refractivity contribution in [1.82, 2.24) is 0 Å². The topological polar surface area (TPSA) is 26.3 Å². The Bertz CT molecular complexity index is 137. The molecule has 0 spiro atoms. The van der Waals surface area contributed by atoms with Crippen LogP contribution in [0.4, 0.5) is 0 Å². The van der Waals surface area contributed by atoms with E-state index in [0.29, 0.717) is 0 Å². The van der Waals surface area contributed by atoms with Crippen LogP contribution in [-0.2, 0) is 9.30 Å². The van der Waals surface area contributed by atoms with Crippen LogP contribution in [0.3, 0.4) is 0 Å². The first kappa shape index (κ1) is 12.2. The molecule has 0 amide bonds. The lowest BCUT2D eigenvalue weighted by atomic mass is 10.5. The molecule has 0 atom stereocenters. The van der Waals surface area contributed by atoms with Crippen LogP contribution in [0.2, 0.25) is 0 Å². The first-order chi connectivity index (χ1) is 5.68. The van der Waals surface area contributed by atoms with Crippen molar-refractivity contribution < 1.29 is 9.30 Å². The fourth-order valence-electron chi connectivity index (χ4n) is 1.14. The summed E-state index contributed by atoms with van der Waals surface area (Å²) in [5.41, 5.74) is 0.